The minimum Gasteiger partial charge on any atom is -0.479 e. The van der Waals surface area contributed by atoms with E-state index in [1.807, 2.05) is 0 Å². The molecular formula is C23H23FN6O9. The normalized spacial score (nSPS) is 27.0. The van der Waals surface area contributed by atoms with Crippen LogP contribution in [-0.4, -0.2) is 108 Å². The summed E-state index contributed by atoms with van der Waals surface area (Å²) in [4.78, 5) is 30.4. The number of aliphatic hydroxyl groups excluding tert-OH is 3. The number of carbonyl (C=O) groups is 2. The van der Waals surface area contributed by atoms with Crippen molar-refractivity contribution in [1.29, 1.82) is 0 Å². The second-order valence-electron chi connectivity index (χ2n) is 8.88. The second kappa shape index (κ2) is 10.6. The molecule has 15 nitrogen and oxygen atoms in total. The van der Waals surface area contributed by atoms with Gasteiger partial charge in [0, 0.05) is 17.3 Å². The van der Waals surface area contributed by atoms with Crippen molar-refractivity contribution in [1.82, 2.24) is 25.2 Å². The van der Waals surface area contributed by atoms with Crippen LogP contribution in [0.2, 0.25) is 0 Å². The number of aliphatic hydroxyl groups is 3. The van der Waals surface area contributed by atoms with Gasteiger partial charge in [-0.15, -0.1) is 10.2 Å². The summed E-state index contributed by atoms with van der Waals surface area (Å²) in [7, 11) is 1.62. The van der Waals surface area contributed by atoms with Crippen LogP contribution in [0.3, 0.4) is 0 Å². The van der Waals surface area contributed by atoms with E-state index in [2.05, 4.69) is 20.4 Å². The summed E-state index contributed by atoms with van der Waals surface area (Å²) in [6, 6.07) is 7.48. The maximum atomic E-state index is 15.0. The fraction of sp³-hybridized carbons (Fsp3) is 0.391. The third kappa shape index (κ3) is 5.27. The molecule has 1 amide bonds. The molecule has 0 saturated carbocycles. The molecule has 3 aromatic rings. The van der Waals surface area contributed by atoms with Gasteiger partial charge >= 0.3 is 12.1 Å². The molecule has 0 spiro atoms. The number of hydrogen-bond donors (Lipinski definition) is 4. The van der Waals surface area contributed by atoms with Gasteiger partial charge in [-0.2, -0.15) is 4.80 Å². The number of anilines is 1. The molecule has 0 aliphatic carbocycles. The molecular weight excluding hydrogens is 523 g/mol. The molecule has 206 valence electrons. The smallest absolute Gasteiger partial charge is 0.414 e. The fourth-order valence-electron chi connectivity index (χ4n) is 4.19. The van der Waals surface area contributed by atoms with E-state index in [0.29, 0.717) is 17.1 Å². The summed E-state index contributed by atoms with van der Waals surface area (Å²) >= 11 is 0. The molecule has 6 atom stereocenters. The summed E-state index contributed by atoms with van der Waals surface area (Å²) in [5.41, 5.74) is 1.41. The van der Waals surface area contributed by atoms with E-state index in [4.69, 9.17) is 19.3 Å². The van der Waals surface area contributed by atoms with Crippen LogP contribution in [0.5, 0.6) is 0 Å². The Bertz CT molecular complexity index is 1370. The van der Waals surface area contributed by atoms with E-state index >= 15 is 4.39 Å². The van der Waals surface area contributed by atoms with Crippen molar-refractivity contribution >= 4 is 17.7 Å². The highest BCUT2D eigenvalue weighted by atomic mass is 19.1. The zero-order valence-electron chi connectivity index (χ0n) is 20.2. The highest BCUT2D eigenvalue weighted by Gasteiger charge is 2.48. The Morgan fingerprint density at radius 2 is 1.97 bits per heavy atom. The van der Waals surface area contributed by atoms with Crippen LogP contribution in [0.25, 0.3) is 22.6 Å². The average molecular weight is 546 g/mol. The molecule has 5 rings (SSSR count). The zero-order chi connectivity index (χ0) is 27.8. The van der Waals surface area contributed by atoms with Gasteiger partial charge in [0.2, 0.25) is 5.82 Å². The predicted molar refractivity (Wildman–Crippen MR) is 125 cm³/mol. The summed E-state index contributed by atoms with van der Waals surface area (Å²) < 4.78 is 30.7. The van der Waals surface area contributed by atoms with Crippen LogP contribution in [0.4, 0.5) is 14.9 Å². The van der Waals surface area contributed by atoms with Crippen LogP contribution in [0, 0.1) is 5.82 Å². The third-order valence-corrected chi connectivity index (χ3v) is 6.21. The SMILES string of the molecule is Cn1nnc(-c2ccc(-c3ccc(N4C[C@H](COC5OC(C(=O)O)C(O)C(O)C5O)OC4=O)cc3F)cn2)n1. The van der Waals surface area contributed by atoms with E-state index in [0.717, 1.165) is 0 Å². The number of aliphatic carboxylic acids is 1. The predicted octanol–water partition coefficient (Wildman–Crippen LogP) is -0.688. The van der Waals surface area contributed by atoms with Gasteiger partial charge in [0.25, 0.3) is 0 Å². The van der Waals surface area contributed by atoms with Gasteiger partial charge in [0.15, 0.2) is 12.4 Å². The molecule has 5 unspecified atom stereocenters. The number of tetrazole rings is 1. The molecule has 16 heteroatoms. The molecule has 0 radical (unpaired) electrons. The van der Waals surface area contributed by atoms with E-state index < -0.39 is 54.7 Å². The van der Waals surface area contributed by atoms with Crippen molar-refractivity contribution in [3.63, 3.8) is 0 Å². The third-order valence-electron chi connectivity index (χ3n) is 6.21. The van der Waals surface area contributed by atoms with Crippen LogP contribution in [0.1, 0.15) is 0 Å². The number of amides is 1. The van der Waals surface area contributed by atoms with E-state index in [-0.39, 0.29) is 24.4 Å². The first-order chi connectivity index (χ1) is 18.6. The second-order valence-corrected chi connectivity index (χ2v) is 8.88. The summed E-state index contributed by atoms with van der Waals surface area (Å²) in [5, 5.41) is 50.5. The first-order valence-corrected chi connectivity index (χ1v) is 11.6. The van der Waals surface area contributed by atoms with E-state index in [9.17, 15) is 24.9 Å². The maximum absolute atomic E-state index is 15.0. The Morgan fingerprint density at radius 3 is 2.62 bits per heavy atom. The molecule has 39 heavy (non-hydrogen) atoms. The van der Waals surface area contributed by atoms with Crippen molar-refractivity contribution < 1.29 is 48.6 Å². The van der Waals surface area contributed by atoms with Gasteiger partial charge in [0.1, 0.15) is 35.9 Å². The van der Waals surface area contributed by atoms with Crippen LogP contribution >= 0.6 is 0 Å². The first kappa shape index (κ1) is 26.5. The fourth-order valence-corrected chi connectivity index (χ4v) is 4.19. The topological polar surface area (TPSA) is 202 Å². The van der Waals surface area contributed by atoms with Crippen molar-refractivity contribution in [2.75, 3.05) is 18.1 Å². The number of benzene rings is 1. The Morgan fingerprint density at radius 1 is 1.18 bits per heavy atom. The number of carbonyl (C=O) groups excluding carboxylic acids is 1. The molecule has 2 aliphatic rings. The lowest BCUT2D eigenvalue weighted by molar-refractivity contribution is -0.296. The number of ether oxygens (including phenoxy) is 3. The first-order valence-electron chi connectivity index (χ1n) is 11.6. The van der Waals surface area contributed by atoms with E-state index in [1.165, 1.54) is 34.1 Å². The number of hydrogen-bond acceptors (Lipinski definition) is 12. The largest absolute Gasteiger partial charge is 0.479 e. The molecule has 2 aliphatic heterocycles. The summed E-state index contributed by atoms with van der Waals surface area (Å²) in [6.45, 7) is -0.381. The van der Waals surface area contributed by atoms with Crippen molar-refractivity contribution in [3.05, 3.63) is 42.3 Å². The number of rotatable bonds is 7. The van der Waals surface area contributed by atoms with Gasteiger partial charge < -0.3 is 34.6 Å². The van der Waals surface area contributed by atoms with Crippen molar-refractivity contribution in [3.8, 4) is 22.6 Å². The van der Waals surface area contributed by atoms with Crippen LogP contribution < -0.4 is 4.90 Å². The summed E-state index contributed by atoms with van der Waals surface area (Å²) in [6.07, 6.45) is -9.05. The molecule has 1 aromatic carbocycles. The number of cyclic esters (lactones) is 1. The van der Waals surface area contributed by atoms with Crippen molar-refractivity contribution in [2.45, 2.75) is 36.8 Å². The highest BCUT2D eigenvalue weighted by molar-refractivity contribution is 5.90. The quantitative estimate of drug-likeness (QED) is 0.290. The Labute approximate surface area is 219 Å². The van der Waals surface area contributed by atoms with Gasteiger partial charge in [-0.25, -0.2) is 14.0 Å². The monoisotopic (exact) mass is 546 g/mol. The lowest BCUT2D eigenvalue weighted by atomic mass is 9.99. The Kier molecular flexibility index (Phi) is 7.19. The van der Waals surface area contributed by atoms with Crippen LogP contribution in [-0.2, 0) is 26.1 Å². The molecule has 0 bridgehead atoms. The minimum atomic E-state index is -1.86. The molecule has 2 aromatic heterocycles. The number of aryl methyl sites for hydroxylation is 1. The number of carboxylic acid groups (broad SMARTS) is 1. The molecule has 4 heterocycles. The molecule has 2 saturated heterocycles. The maximum Gasteiger partial charge on any atom is 0.414 e. The van der Waals surface area contributed by atoms with Crippen molar-refractivity contribution in [2.24, 2.45) is 7.05 Å². The lowest BCUT2D eigenvalue weighted by Gasteiger charge is -2.38. The van der Waals surface area contributed by atoms with E-state index in [1.54, 1.807) is 19.2 Å². The van der Waals surface area contributed by atoms with Gasteiger partial charge in [-0.05, 0) is 29.5 Å². The Balaban J connectivity index is 1.23. The summed E-state index contributed by atoms with van der Waals surface area (Å²) in [5.74, 6) is -1.84. The van der Waals surface area contributed by atoms with Gasteiger partial charge in [0.05, 0.1) is 25.9 Å². The average Bonchev–Trinajstić information content (AvgIpc) is 3.52. The standard InChI is InChI=1S/C23H23FN6O9/c1-29-27-20(26-28-29)15-5-2-10(7-25-15)13-4-3-11(6-14(13)24)30-8-12(38-23(30)36)9-37-22-18(33)16(31)17(32)19(39-22)21(34)35/h2-7,12,16-19,22,31-33H,8-9H2,1H3,(H,34,35)/t12-,16?,17?,18?,19?,22?/m1/s1. The number of halogens is 1. The Hall–Kier alpha value is -4.09. The van der Waals surface area contributed by atoms with Crippen LogP contribution in [0.15, 0.2) is 36.5 Å². The number of nitrogens with zero attached hydrogens (tertiary/aromatic N) is 6. The lowest BCUT2D eigenvalue weighted by Crippen LogP contribution is -2.60. The number of aromatic nitrogens is 5. The van der Waals surface area contributed by atoms with Gasteiger partial charge in [-0.1, -0.05) is 6.07 Å². The minimum absolute atomic E-state index is 0.0463. The van der Waals surface area contributed by atoms with Gasteiger partial charge in [-0.3, -0.25) is 9.88 Å². The number of pyridine rings is 1. The zero-order valence-corrected chi connectivity index (χ0v) is 20.2. The molecule has 4 N–H and O–H groups in total. The number of carboxylic acids is 1. The highest BCUT2D eigenvalue weighted by Crippen LogP contribution is 2.30. The molecule has 2 fully saturated rings.